The average molecular weight is 174 g/mol. The van der Waals surface area contributed by atoms with Crippen LogP contribution in [0.5, 0.6) is 0 Å². The molecule has 0 aliphatic carbocycles. The summed E-state index contributed by atoms with van der Waals surface area (Å²) in [6.45, 7) is 4.08. The number of hydrogen-bond acceptors (Lipinski definition) is 0. The van der Waals surface area contributed by atoms with Gasteiger partial charge < -0.3 is 0 Å². The van der Waals surface area contributed by atoms with E-state index < -0.39 is 0 Å². The molecule has 1 heteroatoms. The Morgan fingerprint density at radius 2 is 1.58 bits per heavy atom. The van der Waals surface area contributed by atoms with Gasteiger partial charge in [-0.2, -0.15) is 0 Å². The molecule has 0 saturated heterocycles. The minimum absolute atomic E-state index is 0.144. The summed E-state index contributed by atoms with van der Waals surface area (Å²) in [6.07, 6.45) is 8.95. The second-order valence-electron chi connectivity index (χ2n) is 3.82. The third-order valence-electron chi connectivity index (χ3n) is 2.31. The van der Waals surface area contributed by atoms with Crippen LogP contribution in [0.15, 0.2) is 0 Å². The van der Waals surface area contributed by atoms with Crippen molar-refractivity contribution in [1.29, 1.82) is 0 Å². The number of alkyl halides is 1. The predicted molar refractivity (Wildman–Crippen MR) is 53.1 cm³/mol. The summed E-state index contributed by atoms with van der Waals surface area (Å²) in [6, 6.07) is 0. The topological polar surface area (TPSA) is 0 Å². The fourth-order valence-electron chi connectivity index (χ4n) is 1.35. The van der Waals surface area contributed by atoms with Crippen LogP contribution in [0.4, 0.5) is 4.39 Å². The van der Waals surface area contributed by atoms with Crippen molar-refractivity contribution in [2.75, 3.05) is 6.67 Å². The maximum Gasteiger partial charge on any atom is 0.0919 e. The van der Waals surface area contributed by atoms with E-state index >= 15 is 0 Å². The van der Waals surface area contributed by atoms with Crippen LogP contribution >= 0.6 is 0 Å². The molecule has 0 aromatic carbocycles. The van der Waals surface area contributed by atoms with Crippen molar-refractivity contribution in [3.8, 4) is 0 Å². The Hall–Kier alpha value is -0.0700. The highest BCUT2D eigenvalue weighted by Gasteiger charge is 1.99. The lowest BCUT2D eigenvalue weighted by Crippen LogP contribution is -1.95. The van der Waals surface area contributed by atoms with Crippen LogP contribution in [0.3, 0.4) is 0 Å². The zero-order valence-electron chi connectivity index (χ0n) is 8.61. The zero-order valence-corrected chi connectivity index (χ0v) is 8.61. The van der Waals surface area contributed by atoms with Gasteiger partial charge in [-0.3, -0.25) is 4.39 Å². The van der Waals surface area contributed by atoms with Gasteiger partial charge in [0, 0.05) is 0 Å². The van der Waals surface area contributed by atoms with E-state index in [1.165, 1.54) is 38.5 Å². The first-order chi connectivity index (χ1) is 5.81. The summed E-state index contributed by atoms with van der Waals surface area (Å²) in [7, 11) is 0. The molecule has 0 bridgehead atoms. The summed E-state index contributed by atoms with van der Waals surface area (Å²) >= 11 is 0. The fourth-order valence-corrected chi connectivity index (χ4v) is 1.35. The van der Waals surface area contributed by atoms with Gasteiger partial charge in [-0.05, 0) is 12.3 Å². The highest BCUT2D eigenvalue weighted by Crippen LogP contribution is 2.11. The lowest BCUT2D eigenvalue weighted by atomic mass is 10.0. The molecule has 1 atom stereocenters. The molecule has 0 spiro atoms. The van der Waals surface area contributed by atoms with E-state index in [-0.39, 0.29) is 12.6 Å². The molecule has 0 amide bonds. The van der Waals surface area contributed by atoms with Crippen LogP contribution in [-0.4, -0.2) is 6.67 Å². The molecule has 0 N–H and O–H groups in total. The number of rotatable bonds is 8. The van der Waals surface area contributed by atoms with Crippen molar-refractivity contribution in [1.82, 2.24) is 0 Å². The quantitative estimate of drug-likeness (QED) is 0.480. The molecule has 0 aliphatic heterocycles. The van der Waals surface area contributed by atoms with Gasteiger partial charge in [0.05, 0.1) is 6.67 Å². The normalized spacial score (nSPS) is 13.2. The van der Waals surface area contributed by atoms with Gasteiger partial charge in [0.15, 0.2) is 0 Å². The molecule has 0 rings (SSSR count). The fraction of sp³-hybridized carbons (Fsp3) is 1.00. The van der Waals surface area contributed by atoms with Crippen LogP contribution in [0, 0.1) is 5.92 Å². The van der Waals surface area contributed by atoms with Gasteiger partial charge in [0.1, 0.15) is 0 Å². The smallest absolute Gasteiger partial charge is 0.0919 e. The first-order valence-electron chi connectivity index (χ1n) is 5.37. The van der Waals surface area contributed by atoms with Gasteiger partial charge in [-0.1, -0.05) is 52.4 Å². The number of unbranched alkanes of at least 4 members (excludes halogenated alkanes) is 5. The first-order valence-corrected chi connectivity index (χ1v) is 5.37. The highest BCUT2D eigenvalue weighted by molar-refractivity contribution is 4.51. The molecular formula is C11H23F. The molecule has 0 saturated carbocycles. The molecule has 0 radical (unpaired) electrons. The molecule has 0 aromatic heterocycles. The standard InChI is InChI=1S/C11H23F/c1-3-4-5-6-7-8-9-11(2)10-12/h11H,3-10H2,1-2H3/t11-/m0/s1. The highest BCUT2D eigenvalue weighted by atomic mass is 19.1. The summed E-state index contributed by atoms with van der Waals surface area (Å²) in [5, 5.41) is 0. The second kappa shape index (κ2) is 9.02. The minimum atomic E-state index is -0.144. The van der Waals surface area contributed by atoms with Gasteiger partial charge in [0.2, 0.25) is 0 Å². The average Bonchev–Trinajstić information content (AvgIpc) is 2.10. The predicted octanol–water partition coefficient (Wildman–Crippen LogP) is 4.34. The van der Waals surface area contributed by atoms with Crippen molar-refractivity contribution in [2.24, 2.45) is 5.92 Å². The number of hydrogen-bond donors (Lipinski definition) is 0. The van der Waals surface area contributed by atoms with E-state index in [2.05, 4.69) is 6.92 Å². The van der Waals surface area contributed by atoms with Crippen LogP contribution in [-0.2, 0) is 0 Å². The summed E-state index contributed by atoms with van der Waals surface area (Å²) < 4.78 is 12.0. The zero-order chi connectivity index (χ0) is 9.23. The molecule has 0 heterocycles. The van der Waals surface area contributed by atoms with Crippen molar-refractivity contribution in [3.63, 3.8) is 0 Å². The third kappa shape index (κ3) is 8.03. The maximum atomic E-state index is 12.0. The Morgan fingerprint density at radius 1 is 1.00 bits per heavy atom. The molecule has 0 aliphatic rings. The largest absolute Gasteiger partial charge is 0.251 e. The monoisotopic (exact) mass is 174 g/mol. The Morgan fingerprint density at radius 3 is 2.17 bits per heavy atom. The Balaban J connectivity index is 2.90. The Kier molecular flexibility index (Phi) is 8.97. The lowest BCUT2D eigenvalue weighted by molar-refractivity contribution is 0.355. The van der Waals surface area contributed by atoms with E-state index in [0.717, 1.165) is 6.42 Å². The van der Waals surface area contributed by atoms with Crippen molar-refractivity contribution < 1.29 is 4.39 Å². The van der Waals surface area contributed by atoms with Crippen LogP contribution in [0.25, 0.3) is 0 Å². The van der Waals surface area contributed by atoms with Gasteiger partial charge >= 0.3 is 0 Å². The molecule has 0 nitrogen and oxygen atoms in total. The van der Waals surface area contributed by atoms with Crippen LogP contribution in [0.2, 0.25) is 0 Å². The van der Waals surface area contributed by atoms with Gasteiger partial charge in [0.25, 0.3) is 0 Å². The minimum Gasteiger partial charge on any atom is -0.251 e. The lowest BCUT2D eigenvalue weighted by Gasteiger charge is -2.05. The summed E-state index contributed by atoms with van der Waals surface area (Å²) in [5.41, 5.74) is 0. The van der Waals surface area contributed by atoms with E-state index in [0.29, 0.717) is 0 Å². The Labute approximate surface area is 76.6 Å². The maximum absolute atomic E-state index is 12.0. The van der Waals surface area contributed by atoms with Gasteiger partial charge in [-0.25, -0.2) is 0 Å². The van der Waals surface area contributed by atoms with Crippen LogP contribution < -0.4 is 0 Å². The van der Waals surface area contributed by atoms with Crippen molar-refractivity contribution in [3.05, 3.63) is 0 Å². The molecule has 0 fully saturated rings. The third-order valence-corrected chi connectivity index (χ3v) is 2.31. The SMILES string of the molecule is CCCCCCCC[C@H](C)CF. The van der Waals surface area contributed by atoms with Crippen molar-refractivity contribution in [2.45, 2.75) is 58.8 Å². The van der Waals surface area contributed by atoms with Crippen LogP contribution in [0.1, 0.15) is 58.8 Å². The molecular weight excluding hydrogens is 151 g/mol. The van der Waals surface area contributed by atoms with Gasteiger partial charge in [-0.15, -0.1) is 0 Å². The molecule has 74 valence electrons. The Bertz CT molecular complexity index is 81.1. The van der Waals surface area contributed by atoms with E-state index in [1.807, 2.05) is 6.92 Å². The van der Waals surface area contributed by atoms with E-state index in [1.54, 1.807) is 0 Å². The van der Waals surface area contributed by atoms with Crippen molar-refractivity contribution >= 4 is 0 Å². The molecule has 12 heavy (non-hydrogen) atoms. The van der Waals surface area contributed by atoms with E-state index in [4.69, 9.17) is 0 Å². The number of halogens is 1. The first kappa shape index (κ1) is 11.9. The summed E-state index contributed by atoms with van der Waals surface area (Å²) in [4.78, 5) is 0. The summed E-state index contributed by atoms with van der Waals surface area (Å²) in [5.74, 6) is 0.288. The second-order valence-corrected chi connectivity index (χ2v) is 3.82. The van der Waals surface area contributed by atoms with E-state index in [9.17, 15) is 4.39 Å². The molecule has 0 aromatic rings. The molecule has 0 unspecified atom stereocenters.